The summed E-state index contributed by atoms with van der Waals surface area (Å²) < 4.78 is 0. The largest absolute Gasteiger partial charge is 0.0885 e. The highest BCUT2D eigenvalue weighted by Gasteiger charge is 1.94. The molecular formula is C34H66. The standard InChI is InChI=1S/C34H66/c1-3-5-7-9-11-13-15-17-19-21-23-25-27-29-31-33-34-32-30-28-26-24-22-20-18-16-14-12-10-8-6-4-2/h17,19,30,32H,3-16,18,20-29,31,33-34H2,1-2H3/b19-17-,32-30-. The monoisotopic (exact) mass is 475 g/mol. The van der Waals surface area contributed by atoms with Gasteiger partial charge in [-0.05, 0) is 51.4 Å². The van der Waals surface area contributed by atoms with Crippen LogP contribution in [0.5, 0.6) is 0 Å². The molecule has 0 saturated carbocycles. The van der Waals surface area contributed by atoms with Crippen LogP contribution < -0.4 is 0 Å². The van der Waals surface area contributed by atoms with Crippen molar-refractivity contribution >= 4 is 0 Å². The maximum Gasteiger partial charge on any atom is -0.0351 e. The molecule has 0 aliphatic heterocycles. The van der Waals surface area contributed by atoms with E-state index in [1.165, 1.54) is 180 Å². The van der Waals surface area contributed by atoms with Crippen LogP contribution in [0.25, 0.3) is 0 Å². The van der Waals surface area contributed by atoms with Crippen LogP contribution in [0.15, 0.2) is 24.3 Å². The normalized spacial score (nSPS) is 11.9. The van der Waals surface area contributed by atoms with Crippen molar-refractivity contribution in [3.8, 4) is 0 Å². The number of unbranched alkanes of at least 4 members (excludes halogenated alkanes) is 25. The van der Waals surface area contributed by atoms with Gasteiger partial charge in [-0.2, -0.15) is 0 Å². The van der Waals surface area contributed by atoms with E-state index in [0.29, 0.717) is 0 Å². The van der Waals surface area contributed by atoms with Crippen LogP contribution in [0.3, 0.4) is 0 Å². The molecule has 0 bridgehead atoms. The fourth-order valence-corrected chi connectivity index (χ4v) is 4.85. The second kappa shape index (κ2) is 32.5. The second-order valence-corrected chi connectivity index (χ2v) is 10.9. The predicted molar refractivity (Wildman–Crippen MR) is 159 cm³/mol. The highest BCUT2D eigenvalue weighted by Crippen LogP contribution is 2.13. The molecule has 0 saturated heterocycles. The van der Waals surface area contributed by atoms with Crippen molar-refractivity contribution in [3.05, 3.63) is 24.3 Å². The van der Waals surface area contributed by atoms with Crippen LogP contribution in [0.2, 0.25) is 0 Å². The molecule has 0 spiro atoms. The van der Waals surface area contributed by atoms with Gasteiger partial charge in [-0.15, -0.1) is 0 Å². The summed E-state index contributed by atoms with van der Waals surface area (Å²) in [4.78, 5) is 0. The lowest BCUT2D eigenvalue weighted by atomic mass is 10.0. The van der Waals surface area contributed by atoms with Gasteiger partial charge in [0.15, 0.2) is 0 Å². The Bertz CT molecular complexity index is 391. The van der Waals surface area contributed by atoms with E-state index in [4.69, 9.17) is 0 Å². The molecule has 0 heterocycles. The van der Waals surface area contributed by atoms with E-state index in [9.17, 15) is 0 Å². The Balaban J connectivity index is 3.12. The van der Waals surface area contributed by atoms with Crippen LogP contribution in [0.4, 0.5) is 0 Å². The summed E-state index contributed by atoms with van der Waals surface area (Å²) in [5.74, 6) is 0. The van der Waals surface area contributed by atoms with E-state index in [0.717, 1.165) is 0 Å². The first-order valence-corrected chi connectivity index (χ1v) is 16.2. The SMILES string of the molecule is CCCCCCCC/C=C\CCCCCCCC/C=C\CCCCCCCCCCCCCC. The predicted octanol–water partition coefficient (Wildman–Crippen LogP) is 13.1. The van der Waals surface area contributed by atoms with Gasteiger partial charge in [-0.1, -0.05) is 167 Å². The Hall–Kier alpha value is -0.520. The molecule has 0 aliphatic carbocycles. The number of hydrogen-bond acceptors (Lipinski definition) is 0. The maximum absolute atomic E-state index is 2.45. The van der Waals surface area contributed by atoms with Gasteiger partial charge in [0.25, 0.3) is 0 Å². The highest BCUT2D eigenvalue weighted by molar-refractivity contribution is 4.82. The summed E-state index contributed by atoms with van der Waals surface area (Å²) in [5.41, 5.74) is 0. The molecule has 0 aromatic rings. The molecule has 34 heavy (non-hydrogen) atoms. The lowest BCUT2D eigenvalue weighted by Crippen LogP contribution is -1.82. The summed E-state index contributed by atoms with van der Waals surface area (Å²) in [6.45, 7) is 4.60. The van der Waals surface area contributed by atoms with Crippen LogP contribution in [0, 0.1) is 0 Å². The van der Waals surface area contributed by atoms with Gasteiger partial charge in [-0.25, -0.2) is 0 Å². The van der Waals surface area contributed by atoms with Crippen LogP contribution in [-0.4, -0.2) is 0 Å². The van der Waals surface area contributed by atoms with Gasteiger partial charge in [0.05, 0.1) is 0 Å². The van der Waals surface area contributed by atoms with Gasteiger partial charge in [-0.3, -0.25) is 0 Å². The van der Waals surface area contributed by atoms with Gasteiger partial charge in [0.2, 0.25) is 0 Å². The molecule has 0 aromatic heterocycles. The Morgan fingerprint density at radius 1 is 0.235 bits per heavy atom. The molecule has 0 nitrogen and oxygen atoms in total. The molecule has 0 N–H and O–H groups in total. The Morgan fingerprint density at radius 2 is 0.412 bits per heavy atom. The summed E-state index contributed by atoms with van der Waals surface area (Å²) in [5, 5.41) is 0. The quantitative estimate of drug-likeness (QED) is 0.0746. The highest BCUT2D eigenvalue weighted by atomic mass is 14.0. The molecule has 202 valence electrons. The van der Waals surface area contributed by atoms with E-state index in [-0.39, 0.29) is 0 Å². The molecule has 0 aliphatic rings. The summed E-state index contributed by atoms with van der Waals surface area (Å²) >= 11 is 0. The van der Waals surface area contributed by atoms with Crippen LogP contribution in [-0.2, 0) is 0 Å². The Kier molecular flexibility index (Phi) is 32.0. The van der Waals surface area contributed by atoms with Crippen molar-refractivity contribution < 1.29 is 0 Å². The number of allylic oxidation sites excluding steroid dienone is 4. The first-order chi connectivity index (χ1) is 16.9. The van der Waals surface area contributed by atoms with Crippen molar-refractivity contribution in [1.29, 1.82) is 0 Å². The zero-order chi connectivity index (χ0) is 24.6. The van der Waals surface area contributed by atoms with E-state index in [2.05, 4.69) is 38.2 Å². The lowest BCUT2D eigenvalue weighted by Gasteiger charge is -2.02. The minimum Gasteiger partial charge on any atom is -0.0885 e. The molecule has 0 fully saturated rings. The Labute approximate surface area is 217 Å². The fraction of sp³-hybridized carbons (Fsp3) is 0.882. The molecule has 0 aromatic carbocycles. The Morgan fingerprint density at radius 3 is 0.618 bits per heavy atom. The molecule has 0 atom stereocenters. The van der Waals surface area contributed by atoms with E-state index in [1.807, 2.05) is 0 Å². The summed E-state index contributed by atoms with van der Waals surface area (Å²) in [7, 11) is 0. The van der Waals surface area contributed by atoms with E-state index in [1.54, 1.807) is 0 Å². The van der Waals surface area contributed by atoms with Crippen molar-refractivity contribution in [2.45, 2.75) is 194 Å². The molecule has 0 amide bonds. The van der Waals surface area contributed by atoms with Crippen molar-refractivity contribution in [1.82, 2.24) is 0 Å². The molecule has 0 heteroatoms. The van der Waals surface area contributed by atoms with Crippen molar-refractivity contribution in [2.24, 2.45) is 0 Å². The lowest BCUT2D eigenvalue weighted by molar-refractivity contribution is 0.545. The van der Waals surface area contributed by atoms with Crippen LogP contribution >= 0.6 is 0 Å². The van der Waals surface area contributed by atoms with Crippen molar-refractivity contribution in [3.63, 3.8) is 0 Å². The molecule has 0 unspecified atom stereocenters. The third-order valence-electron chi connectivity index (χ3n) is 7.27. The zero-order valence-electron chi connectivity index (χ0n) is 24.1. The van der Waals surface area contributed by atoms with Gasteiger partial charge in [0, 0.05) is 0 Å². The first-order valence-electron chi connectivity index (χ1n) is 16.2. The third kappa shape index (κ3) is 31.5. The van der Waals surface area contributed by atoms with Crippen LogP contribution in [0.1, 0.15) is 194 Å². The van der Waals surface area contributed by atoms with E-state index >= 15 is 0 Å². The van der Waals surface area contributed by atoms with Gasteiger partial charge < -0.3 is 0 Å². The second-order valence-electron chi connectivity index (χ2n) is 10.9. The minimum atomic E-state index is 1.30. The zero-order valence-corrected chi connectivity index (χ0v) is 24.1. The topological polar surface area (TPSA) is 0 Å². The molecule has 0 rings (SSSR count). The first kappa shape index (κ1) is 33.5. The maximum atomic E-state index is 2.45. The van der Waals surface area contributed by atoms with Crippen molar-refractivity contribution in [2.75, 3.05) is 0 Å². The molecule has 0 radical (unpaired) electrons. The number of rotatable bonds is 29. The minimum absolute atomic E-state index is 1.30. The average molecular weight is 475 g/mol. The third-order valence-corrected chi connectivity index (χ3v) is 7.27. The molecular weight excluding hydrogens is 408 g/mol. The average Bonchev–Trinajstić information content (AvgIpc) is 2.85. The van der Waals surface area contributed by atoms with Gasteiger partial charge >= 0.3 is 0 Å². The summed E-state index contributed by atoms with van der Waals surface area (Å²) in [6, 6.07) is 0. The van der Waals surface area contributed by atoms with E-state index < -0.39 is 0 Å². The number of hydrogen-bond donors (Lipinski definition) is 0. The summed E-state index contributed by atoms with van der Waals surface area (Å²) in [6.07, 6.45) is 49.4. The smallest absolute Gasteiger partial charge is 0.0351 e. The fourth-order valence-electron chi connectivity index (χ4n) is 4.85. The van der Waals surface area contributed by atoms with Gasteiger partial charge in [0.1, 0.15) is 0 Å².